The SMILES string of the molecule is CCCCCCCCCCCCC(=O)O[C@H](COC(=O)CCCCCCCCC(C)C)COP(=O)(O)OC[C@H](O)COP(=O)(O)OC[C@@H](COC(=O)CCCCCCCCCCCC(C)C)OC(=O)CCCCCCCCCCCCC(C)CC. The first-order chi connectivity index (χ1) is 40.8. The van der Waals surface area contributed by atoms with Gasteiger partial charge in [-0.15, -0.1) is 0 Å². The van der Waals surface area contributed by atoms with Gasteiger partial charge in [0.2, 0.25) is 0 Å². The molecule has 0 amide bonds. The third-order valence-corrected chi connectivity index (χ3v) is 17.4. The second kappa shape index (κ2) is 57.2. The molecule has 0 bridgehead atoms. The van der Waals surface area contributed by atoms with E-state index in [1.54, 1.807) is 0 Å². The fourth-order valence-corrected chi connectivity index (χ4v) is 11.4. The number of carbonyl (C=O) groups excluding carboxylic acids is 4. The Hall–Kier alpha value is -1.94. The van der Waals surface area contributed by atoms with Gasteiger partial charge in [0.15, 0.2) is 12.2 Å². The molecule has 3 N–H and O–H groups in total. The number of aliphatic hydroxyl groups is 1. The summed E-state index contributed by atoms with van der Waals surface area (Å²) in [6, 6.07) is 0. The number of ether oxygens (including phenoxy) is 4. The zero-order chi connectivity index (χ0) is 63.1. The van der Waals surface area contributed by atoms with Gasteiger partial charge >= 0.3 is 39.5 Å². The first kappa shape index (κ1) is 83.1. The summed E-state index contributed by atoms with van der Waals surface area (Å²) in [6.07, 6.45) is 39.0. The lowest BCUT2D eigenvalue weighted by atomic mass is 9.99. The van der Waals surface area contributed by atoms with E-state index in [9.17, 15) is 43.2 Å². The molecule has 0 heterocycles. The molecular formula is C66H128O17P2. The van der Waals surface area contributed by atoms with Crippen molar-refractivity contribution in [2.24, 2.45) is 17.8 Å². The molecule has 19 heteroatoms. The third-order valence-electron chi connectivity index (χ3n) is 15.5. The number of hydrogen-bond acceptors (Lipinski definition) is 15. The van der Waals surface area contributed by atoms with E-state index in [-0.39, 0.29) is 25.7 Å². The fraction of sp³-hybridized carbons (Fsp3) is 0.939. The summed E-state index contributed by atoms with van der Waals surface area (Å²) in [4.78, 5) is 72.3. The van der Waals surface area contributed by atoms with Crippen LogP contribution in [0.15, 0.2) is 0 Å². The highest BCUT2D eigenvalue weighted by molar-refractivity contribution is 7.47. The zero-order valence-electron chi connectivity index (χ0n) is 55.1. The van der Waals surface area contributed by atoms with Gasteiger partial charge in [-0.3, -0.25) is 37.3 Å². The van der Waals surface area contributed by atoms with Gasteiger partial charge in [-0.25, -0.2) is 9.13 Å². The van der Waals surface area contributed by atoms with Crippen LogP contribution in [-0.4, -0.2) is 96.7 Å². The Morgan fingerprint density at radius 3 is 0.894 bits per heavy atom. The number of hydrogen-bond donors (Lipinski definition) is 3. The average molecular weight is 1260 g/mol. The van der Waals surface area contributed by atoms with Crippen LogP contribution in [0.3, 0.4) is 0 Å². The summed E-state index contributed by atoms with van der Waals surface area (Å²) < 4.78 is 68.1. The van der Waals surface area contributed by atoms with Gasteiger partial charge in [0, 0.05) is 25.7 Å². The van der Waals surface area contributed by atoms with Crippen LogP contribution in [0.4, 0.5) is 0 Å². The summed E-state index contributed by atoms with van der Waals surface area (Å²) in [5.41, 5.74) is 0. The maximum Gasteiger partial charge on any atom is 0.472 e. The molecule has 0 aromatic carbocycles. The monoisotopic (exact) mass is 1250 g/mol. The number of aliphatic hydroxyl groups excluding tert-OH is 1. The van der Waals surface area contributed by atoms with Gasteiger partial charge in [-0.2, -0.15) is 0 Å². The molecule has 0 aromatic rings. The van der Waals surface area contributed by atoms with Crippen molar-refractivity contribution in [2.45, 2.75) is 343 Å². The maximum absolute atomic E-state index is 13.0. The van der Waals surface area contributed by atoms with E-state index in [1.807, 2.05) is 0 Å². The smallest absolute Gasteiger partial charge is 0.462 e. The molecule has 6 atom stereocenters. The van der Waals surface area contributed by atoms with Crippen molar-refractivity contribution in [1.82, 2.24) is 0 Å². The van der Waals surface area contributed by atoms with Gasteiger partial charge in [0.25, 0.3) is 0 Å². The van der Waals surface area contributed by atoms with Crippen LogP contribution in [0.5, 0.6) is 0 Å². The van der Waals surface area contributed by atoms with E-state index < -0.39 is 97.5 Å². The molecule has 0 saturated carbocycles. The Kier molecular flexibility index (Phi) is 55.9. The second-order valence-corrected chi connectivity index (χ2v) is 28.0. The molecule has 0 rings (SSSR count). The standard InChI is InChI=1S/C66H128O17P2/c1-8-10-11-12-13-14-20-26-35-42-49-65(70)83-62(54-77-64(69)48-41-34-29-28-31-38-45-58(5)6)56-81-85(74,75)79-52-60(67)51-78-84(72,73)80-55-61(53-76-63(68)47-40-33-25-22-17-18-23-30-37-44-57(3)4)82-66(71)50-43-36-27-21-16-15-19-24-32-39-46-59(7)9-2/h57-62,67H,8-56H2,1-7H3,(H,72,73)(H,74,75)/t59?,60-,61-,62-/m1/s1. The van der Waals surface area contributed by atoms with Crippen LogP contribution >= 0.6 is 15.6 Å². The van der Waals surface area contributed by atoms with Crippen molar-refractivity contribution in [3.8, 4) is 0 Å². The summed E-state index contributed by atoms with van der Waals surface area (Å²) in [6.45, 7) is 11.7. The minimum atomic E-state index is -4.95. The summed E-state index contributed by atoms with van der Waals surface area (Å²) in [5, 5.41) is 10.5. The minimum absolute atomic E-state index is 0.105. The molecule has 3 unspecified atom stereocenters. The lowest BCUT2D eigenvalue weighted by Gasteiger charge is -2.21. The van der Waals surface area contributed by atoms with Gasteiger partial charge in [-0.05, 0) is 43.4 Å². The lowest BCUT2D eigenvalue weighted by Crippen LogP contribution is -2.30. The Balaban J connectivity index is 5.25. The van der Waals surface area contributed by atoms with E-state index in [4.69, 9.17) is 37.0 Å². The summed E-state index contributed by atoms with van der Waals surface area (Å²) >= 11 is 0. The Morgan fingerprint density at radius 1 is 0.341 bits per heavy atom. The molecule has 0 spiro atoms. The first-order valence-corrected chi connectivity index (χ1v) is 37.4. The molecule has 0 aliphatic rings. The predicted octanol–water partition coefficient (Wildman–Crippen LogP) is 18.3. The fourth-order valence-electron chi connectivity index (χ4n) is 9.80. The number of phosphoric ester groups is 2. The van der Waals surface area contributed by atoms with Crippen molar-refractivity contribution < 1.29 is 80.2 Å². The van der Waals surface area contributed by atoms with E-state index in [1.165, 1.54) is 128 Å². The van der Waals surface area contributed by atoms with E-state index in [2.05, 4.69) is 48.5 Å². The van der Waals surface area contributed by atoms with Crippen LogP contribution < -0.4 is 0 Å². The second-order valence-electron chi connectivity index (χ2n) is 25.1. The van der Waals surface area contributed by atoms with Crippen molar-refractivity contribution in [2.75, 3.05) is 39.6 Å². The van der Waals surface area contributed by atoms with Gasteiger partial charge < -0.3 is 33.8 Å². The topological polar surface area (TPSA) is 237 Å². The van der Waals surface area contributed by atoms with Crippen molar-refractivity contribution in [3.63, 3.8) is 0 Å². The molecular weight excluding hydrogens is 1130 g/mol. The molecule has 0 fully saturated rings. The number of esters is 4. The largest absolute Gasteiger partial charge is 0.472 e. The molecule has 17 nitrogen and oxygen atoms in total. The van der Waals surface area contributed by atoms with Crippen molar-refractivity contribution in [1.29, 1.82) is 0 Å². The highest BCUT2D eigenvalue weighted by atomic mass is 31.2. The lowest BCUT2D eigenvalue weighted by molar-refractivity contribution is -0.161. The van der Waals surface area contributed by atoms with E-state index >= 15 is 0 Å². The number of phosphoric acid groups is 2. The van der Waals surface area contributed by atoms with Crippen molar-refractivity contribution in [3.05, 3.63) is 0 Å². The molecule has 0 aliphatic heterocycles. The minimum Gasteiger partial charge on any atom is -0.462 e. The zero-order valence-corrected chi connectivity index (χ0v) is 56.9. The Labute approximate surface area is 517 Å². The van der Waals surface area contributed by atoms with E-state index in [0.29, 0.717) is 31.6 Å². The average Bonchev–Trinajstić information content (AvgIpc) is 3.62. The Morgan fingerprint density at radius 2 is 0.600 bits per heavy atom. The molecule has 0 saturated heterocycles. The molecule has 0 aliphatic carbocycles. The van der Waals surface area contributed by atoms with Crippen LogP contribution in [0.2, 0.25) is 0 Å². The molecule has 504 valence electrons. The highest BCUT2D eigenvalue weighted by Crippen LogP contribution is 2.45. The predicted molar refractivity (Wildman–Crippen MR) is 340 cm³/mol. The van der Waals surface area contributed by atoms with E-state index in [0.717, 1.165) is 108 Å². The number of carbonyl (C=O) groups is 4. The number of rotatable bonds is 64. The van der Waals surface area contributed by atoms with Crippen LogP contribution in [-0.2, 0) is 65.4 Å². The maximum atomic E-state index is 13.0. The molecule has 85 heavy (non-hydrogen) atoms. The van der Waals surface area contributed by atoms with Gasteiger partial charge in [0.1, 0.15) is 19.3 Å². The molecule has 0 radical (unpaired) electrons. The van der Waals surface area contributed by atoms with Gasteiger partial charge in [0.05, 0.1) is 26.4 Å². The molecule has 0 aromatic heterocycles. The first-order valence-electron chi connectivity index (χ1n) is 34.4. The summed E-state index contributed by atoms with van der Waals surface area (Å²) in [7, 11) is -9.89. The quantitative estimate of drug-likeness (QED) is 0.0222. The van der Waals surface area contributed by atoms with Crippen LogP contribution in [0, 0.1) is 17.8 Å². The third kappa shape index (κ3) is 59.5. The highest BCUT2D eigenvalue weighted by Gasteiger charge is 2.30. The number of unbranched alkanes of at least 4 members (excludes halogenated alkanes) is 31. The van der Waals surface area contributed by atoms with Gasteiger partial charge in [-0.1, -0.05) is 273 Å². The Bertz CT molecular complexity index is 1680. The summed E-state index contributed by atoms with van der Waals surface area (Å²) in [5.74, 6) is 0.0924. The normalized spacial score (nSPS) is 14.6. The van der Waals surface area contributed by atoms with Crippen LogP contribution in [0.25, 0.3) is 0 Å². The van der Waals surface area contributed by atoms with Crippen LogP contribution in [0.1, 0.15) is 325 Å². The van der Waals surface area contributed by atoms with Crippen molar-refractivity contribution >= 4 is 39.5 Å².